The van der Waals surface area contributed by atoms with Crippen LogP contribution in [0.25, 0.3) is 11.1 Å². The minimum absolute atomic E-state index is 0.121. The Morgan fingerprint density at radius 3 is 1.95 bits per heavy atom. The van der Waals surface area contributed by atoms with Crippen LogP contribution in [0.1, 0.15) is 23.3 Å². The number of Topliss-reactive ketones (excluding diaryl/α,β-unsaturated/α-hetero) is 1. The molecule has 22 heavy (non-hydrogen) atoms. The van der Waals surface area contributed by atoms with Crippen molar-refractivity contribution in [1.82, 2.24) is 0 Å². The van der Waals surface area contributed by atoms with E-state index in [2.05, 4.69) is 12.1 Å². The molecule has 0 unspecified atom stereocenters. The number of hydrogen-bond donors (Lipinski definition) is 0. The van der Waals surface area contributed by atoms with Gasteiger partial charge in [0.1, 0.15) is 0 Å². The zero-order chi connectivity index (χ0) is 15.4. The number of benzene rings is 2. The van der Waals surface area contributed by atoms with Gasteiger partial charge < -0.3 is 0 Å². The van der Waals surface area contributed by atoms with E-state index in [1.54, 1.807) is 0 Å². The Kier molecular flexibility index (Phi) is 4.10. The highest BCUT2D eigenvalue weighted by molar-refractivity contribution is 5.98. The summed E-state index contributed by atoms with van der Waals surface area (Å²) >= 11 is 0. The smallest absolute Gasteiger partial charge is 0.230 e. The minimum Gasteiger partial charge on any atom is -0.287 e. The summed E-state index contributed by atoms with van der Waals surface area (Å²) in [6.45, 7) is 1.92. The van der Waals surface area contributed by atoms with Gasteiger partial charge in [0.2, 0.25) is 11.8 Å². The van der Waals surface area contributed by atoms with Crippen LogP contribution in [-0.2, 0) is 0 Å². The van der Waals surface area contributed by atoms with E-state index in [0.29, 0.717) is 0 Å². The Labute approximate surface area is 130 Å². The molecule has 2 heteroatoms. The van der Waals surface area contributed by atoms with Crippen molar-refractivity contribution in [3.8, 4) is 11.1 Å². The molecule has 0 aliphatic heterocycles. The molecule has 2 aromatic carbocycles. The number of aromatic nitrogens is 1. The van der Waals surface area contributed by atoms with Crippen LogP contribution in [0.3, 0.4) is 0 Å². The molecular weight excluding hydrogens is 270 g/mol. The van der Waals surface area contributed by atoms with Crippen LogP contribution in [0.2, 0.25) is 0 Å². The van der Waals surface area contributed by atoms with E-state index in [4.69, 9.17) is 0 Å². The molecule has 108 valence electrons. The topological polar surface area (TPSA) is 20.9 Å². The van der Waals surface area contributed by atoms with Crippen molar-refractivity contribution in [2.45, 2.75) is 13.0 Å². The summed E-state index contributed by atoms with van der Waals surface area (Å²) in [7, 11) is 0. The Morgan fingerprint density at radius 2 is 1.32 bits per heavy atom. The van der Waals surface area contributed by atoms with Gasteiger partial charge in [-0.05, 0) is 11.1 Å². The molecule has 1 atom stereocenters. The van der Waals surface area contributed by atoms with Crippen LogP contribution in [0.4, 0.5) is 0 Å². The summed E-state index contributed by atoms with van der Waals surface area (Å²) in [4.78, 5) is 12.6. The summed E-state index contributed by atoms with van der Waals surface area (Å²) in [5, 5.41) is 0. The second-order valence-corrected chi connectivity index (χ2v) is 5.31. The molecule has 0 radical (unpaired) electrons. The quantitative estimate of drug-likeness (QED) is 0.523. The molecule has 0 N–H and O–H groups in total. The first-order valence-corrected chi connectivity index (χ1v) is 7.41. The lowest BCUT2D eigenvalue weighted by Gasteiger charge is -2.07. The molecule has 3 rings (SSSR count). The van der Waals surface area contributed by atoms with Crippen molar-refractivity contribution in [1.29, 1.82) is 0 Å². The van der Waals surface area contributed by atoms with Crippen molar-refractivity contribution in [2.24, 2.45) is 0 Å². The highest BCUT2D eigenvalue weighted by Gasteiger charge is 2.22. The van der Waals surface area contributed by atoms with Crippen LogP contribution in [0.5, 0.6) is 0 Å². The Bertz CT molecular complexity index is 749. The van der Waals surface area contributed by atoms with E-state index in [1.165, 1.54) is 0 Å². The van der Waals surface area contributed by atoms with Crippen LogP contribution in [0.15, 0.2) is 85.2 Å². The van der Waals surface area contributed by atoms with Gasteiger partial charge in [0.05, 0.1) is 0 Å². The molecule has 0 saturated carbocycles. The van der Waals surface area contributed by atoms with Crippen LogP contribution in [0, 0.1) is 0 Å². The first-order valence-electron chi connectivity index (χ1n) is 7.41. The molecule has 0 aliphatic carbocycles. The standard InChI is InChI=1S/C20H18NO/c1-16(21-14-6-3-7-15-21)20(22)19-12-10-18(11-13-19)17-8-4-2-5-9-17/h2-16H,1H3/q+1/t16-/m0/s1. The minimum atomic E-state index is -0.205. The summed E-state index contributed by atoms with van der Waals surface area (Å²) in [6.07, 6.45) is 3.84. The van der Waals surface area contributed by atoms with E-state index in [0.717, 1.165) is 16.7 Å². The van der Waals surface area contributed by atoms with Crippen molar-refractivity contribution in [3.05, 3.63) is 90.8 Å². The molecule has 3 aromatic rings. The summed E-state index contributed by atoms with van der Waals surface area (Å²) in [5.74, 6) is 0.121. The number of ketones is 1. The molecule has 0 amide bonds. The molecule has 0 spiro atoms. The SMILES string of the molecule is C[C@@H](C(=O)c1ccc(-c2ccccc2)cc1)[n+]1ccccc1. The fraction of sp³-hybridized carbons (Fsp3) is 0.100. The number of pyridine rings is 1. The number of carbonyl (C=O) groups excluding carboxylic acids is 1. The lowest BCUT2D eigenvalue weighted by atomic mass is 10.00. The fourth-order valence-electron chi connectivity index (χ4n) is 2.50. The van der Waals surface area contributed by atoms with Gasteiger partial charge in [-0.25, -0.2) is 0 Å². The maximum atomic E-state index is 12.6. The number of nitrogens with zero attached hydrogens (tertiary/aromatic N) is 1. The average molecular weight is 288 g/mol. The predicted octanol–water partition coefficient (Wildman–Crippen LogP) is 4.09. The van der Waals surface area contributed by atoms with Gasteiger partial charge in [-0.2, -0.15) is 4.57 Å². The Hall–Kier alpha value is -2.74. The van der Waals surface area contributed by atoms with E-state index in [9.17, 15) is 4.79 Å². The third kappa shape index (κ3) is 2.96. The van der Waals surface area contributed by atoms with Crippen molar-refractivity contribution in [2.75, 3.05) is 0 Å². The predicted molar refractivity (Wildman–Crippen MR) is 87.6 cm³/mol. The lowest BCUT2D eigenvalue weighted by molar-refractivity contribution is -0.704. The first-order chi connectivity index (χ1) is 10.8. The average Bonchev–Trinajstić information content (AvgIpc) is 2.62. The summed E-state index contributed by atoms with van der Waals surface area (Å²) in [6, 6.07) is 23.6. The van der Waals surface area contributed by atoms with Gasteiger partial charge >= 0.3 is 0 Å². The highest BCUT2D eigenvalue weighted by Crippen LogP contribution is 2.20. The van der Waals surface area contributed by atoms with E-state index in [1.807, 2.05) is 84.5 Å². The van der Waals surface area contributed by atoms with Crippen LogP contribution in [-0.4, -0.2) is 5.78 Å². The second-order valence-electron chi connectivity index (χ2n) is 5.31. The van der Waals surface area contributed by atoms with Crippen molar-refractivity contribution in [3.63, 3.8) is 0 Å². The molecule has 1 aromatic heterocycles. The van der Waals surface area contributed by atoms with E-state index < -0.39 is 0 Å². The van der Waals surface area contributed by atoms with Crippen LogP contribution >= 0.6 is 0 Å². The molecule has 2 nitrogen and oxygen atoms in total. The van der Waals surface area contributed by atoms with Gasteiger partial charge in [-0.3, -0.25) is 4.79 Å². The normalized spacial score (nSPS) is 11.9. The van der Waals surface area contributed by atoms with Gasteiger partial charge in [-0.15, -0.1) is 0 Å². The molecule has 0 fully saturated rings. The van der Waals surface area contributed by atoms with E-state index >= 15 is 0 Å². The zero-order valence-corrected chi connectivity index (χ0v) is 12.5. The first kappa shape index (κ1) is 14.2. The highest BCUT2D eigenvalue weighted by atomic mass is 16.1. The van der Waals surface area contributed by atoms with Gasteiger partial charge in [0, 0.05) is 24.6 Å². The Balaban J connectivity index is 1.82. The Morgan fingerprint density at radius 1 is 0.773 bits per heavy atom. The van der Waals surface area contributed by atoms with Gasteiger partial charge in [-0.1, -0.05) is 60.7 Å². The zero-order valence-electron chi connectivity index (χ0n) is 12.5. The second kappa shape index (κ2) is 6.35. The monoisotopic (exact) mass is 288 g/mol. The van der Waals surface area contributed by atoms with Crippen LogP contribution < -0.4 is 4.57 Å². The number of hydrogen-bond acceptors (Lipinski definition) is 1. The number of rotatable bonds is 4. The number of carbonyl (C=O) groups is 1. The fourth-order valence-corrected chi connectivity index (χ4v) is 2.50. The van der Waals surface area contributed by atoms with Gasteiger partial charge in [0.15, 0.2) is 12.4 Å². The molecular formula is C20H18NO+. The lowest BCUT2D eigenvalue weighted by Crippen LogP contribution is -2.41. The van der Waals surface area contributed by atoms with Crippen molar-refractivity contribution < 1.29 is 9.36 Å². The molecule has 0 bridgehead atoms. The molecule has 0 aliphatic rings. The van der Waals surface area contributed by atoms with Gasteiger partial charge in [0.25, 0.3) is 0 Å². The molecule has 1 heterocycles. The van der Waals surface area contributed by atoms with E-state index in [-0.39, 0.29) is 11.8 Å². The maximum Gasteiger partial charge on any atom is 0.230 e. The van der Waals surface area contributed by atoms with Crippen molar-refractivity contribution >= 4 is 5.78 Å². The largest absolute Gasteiger partial charge is 0.287 e. The third-order valence-corrected chi connectivity index (χ3v) is 3.84. The summed E-state index contributed by atoms with van der Waals surface area (Å²) in [5.41, 5.74) is 3.02. The maximum absolute atomic E-state index is 12.6. The third-order valence-electron chi connectivity index (χ3n) is 3.84. The summed E-state index contributed by atoms with van der Waals surface area (Å²) < 4.78 is 1.92. The molecule has 0 saturated heterocycles.